The van der Waals surface area contributed by atoms with E-state index in [1.54, 1.807) is 13.8 Å². The molecule has 0 heterocycles. The van der Waals surface area contributed by atoms with Crippen LogP contribution < -0.4 is 0 Å². The molecule has 1 unspecified atom stereocenters. The van der Waals surface area contributed by atoms with E-state index < -0.39 is 11.8 Å². The van der Waals surface area contributed by atoms with Gasteiger partial charge in [-0.25, -0.2) is 4.79 Å². The first-order valence-corrected chi connectivity index (χ1v) is 3.16. The van der Waals surface area contributed by atoms with Crippen LogP contribution in [0.3, 0.4) is 0 Å². The van der Waals surface area contributed by atoms with Crippen LogP contribution in [0.1, 0.15) is 20.3 Å². The highest BCUT2D eigenvalue weighted by Crippen LogP contribution is 2.11. The Kier molecular flexibility index (Phi) is 3.32. The van der Waals surface area contributed by atoms with Gasteiger partial charge in [-0.3, -0.25) is 0 Å². The number of hydrogen-bond acceptors (Lipinski definition) is 3. The highest BCUT2D eigenvalue weighted by Gasteiger charge is 2.34. The second-order valence-electron chi connectivity index (χ2n) is 1.88. The van der Waals surface area contributed by atoms with E-state index in [0.29, 0.717) is 0 Å². The fourth-order valence-corrected chi connectivity index (χ4v) is 0.554. The minimum absolute atomic E-state index is 0.0518. The average molecular weight is 148 g/mol. The van der Waals surface area contributed by atoms with Gasteiger partial charge < -0.3 is 14.9 Å². The van der Waals surface area contributed by atoms with Crippen LogP contribution in [0.2, 0.25) is 0 Å². The number of rotatable bonds is 4. The van der Waals surface area contributed by atoms with Gasteiger partial charge in [0.1, 0.15) is 0 Å². The summed E-state index contributed by atoms with van der Waals surface area (Å²) in [6.07, 6.45) is 0.0518. The molecule has 1 atom stereocenters. The van der Waals surface area contributed by atoms with Crippen molar-refractivity contribution in [1.29, 1.82) is 0 Å². The van der Waals surface area contributed by atoms with Crippen LogP contribution in [-0.2, 0) is 9.53 Å². The maximum atomic E-state index is 10.3. The number of carboxylic acids is 1. The summed E-state index contributed by atoms with van der Waals surface area (Å²) in [5, 5.41) is 17.5. The van der Waals surface area contributed by atoms with E-state index in [1.165, 1.54) is 0 Å². The first-order chi connectivity index (χ1) is 4.56. The summed E-state index contributed by atoms with van der Waals surface area (Å²) in [5.74, 6) is -3.33. The maximum absolute atomic E-state index is 10.3. The maximum Gasteiger partial charge on any atom is 0.364 e. The molecule has 0 aromatic heterocycles. The summed E-state index contributed by atoms with van der Waals surface area (Å²) in [7, 11) is 0. The number of carboxylic acid groups (broad SMARTS) is 1. The normalized spacial score (nSPS) is 16.3. The number of aliphatic carboxylic acids is 1. The summed E-state index contributed by atoms with van der Waals surface area (Å²) in [4.78, 5) is 10.3. The lowest BCUT2D eigenvalue weighted by Gasteiger charge is -2.20. The van der Waals surface area contributed by atoms with E-state index in [-0.39, 0.29) is 13.0 Å². The van der Waals surface area contributed by atoms with Gasteiger partial charge in [0.05, 0.1) is 0 Å². The fraction of sp³-hybridized carbons (Fsp3) is 0.833. The van der Waals surface area contributed by atoms with E-state index in [0.717, 1.165) is 0 Å². The van der Waals surface area contributed by atoms with Crippen LogP contribution in [0.15, 0.2) is 0 Å². The minimum atomic E-state index is -1.99. The molecule has 0 saturated carbocycles. The molecule has 0 amide bonds. The first kappa shape index (κ1) is 9.39. The van der Waals surface area contributed by atoms with Gasteiger partial charge in [0.25, 0.3) is 5.79 Å². The van der Waals surface area contributed by atoms with Gasteiger partial charge in [0, 0.05) is 13.0 Å². The Morgan fingerprint density at radius 2 is 2.10 bits per heavy atom. The highest BCUT2D eigenvalue weighted by molar-refractivity contribution is 5.75. The largest absolute Gasteiger partial charge is 0.477 e. The monoisotopic (exact) mass is 148 g/mol. The predicted molar refractivity (Wildman–Crippen MR) is 34.5 cm³/mol. The predicted octanol–water partition coefficient (Wildman–Crippen LogP) is 0.206. The van der Waals surface area contributed by atoms with Crippen molar-refractivity contribution in [3.8, 4) is 0 Å². The van der Waals surface area contributed by atoms with E-state index in [1.807, 2.05) is 0 Å². The standard InChI is InChI=1S/C6H12O4/c1-3-6(9,5(7)8)10-4-2/h9H,3-4H2,1-2H3,(H,7,8). The topological polar surface area (TPSA) is 66.8 Å². The fourth-order valence-electron chi connectivity index (χ4n) is 0.554. The molecule has 10 heavy (non-hydrogen) atoms. The molecule has 4 nitrogen and oxygen atoms in total. The van der Waals surface area contributed by atoms with Crippen molar-refractivity contribution in [2.24, 2.45) is 0 Å². The summed E-state index contributed by atoms with van der Waals surface area (Å²) < 4.78 is 4.60. The van der Waals surface area contributed by atoms with E-state index in [2.05, 4.69) is 4.74 Å². The van der Waals surface area contributed by atoms with Gasteiger partial charge in [-0.1, -0.05) is 6.92 Å². The smallest absolute Gasteiger partial charge is 0.364 e. The van der Waals surface area contributed by atoms with Gasteiger partial charge in [-0.15, -0.1) is 0 Å². The van der Waals surface area contributed by atoms with Gasteiger partial charge in [-0.2, -0.15) is 0 Å². The Morgan fingerprint density at radius 1 is 1.60 bits per heavy atom. The van der Waals surface area contributed by atoms with Crippen LogP contribution in [0.4, 0.5) is 0 Å². The zero-order valence-corrected chi connectivity index (χ0v) is 6.13. The molecule has 0 aliphatic carbocycles. The second-order valence-corrected chi connectivity index (χ2v) is 1.88. The van der Waals surface area contributed by atoms with Crippen LogP contribution in [0, 0.1) is 0 Å². The lowest BCUT2D eigenvalue weighted by Crippen LogP contribution is -2.40. The Bertz CT molecular complexity index is 123. The Balaban J connectivity index is 4.08. The van der Waals surface area contributed by atoms with E-state index >= 15 is 0 Å². The molecular formula is C6H12O4. The first-order valence-electron chi connectivity index (χ1n) is 3.16. The third-order valence-electron chi connectivity index (χ3n) is 1.20. The van der Waals surface area contributed by atoms with Gasteiger partial charge in [0.15, 0.2) is 0 Å². The second kappa shape index (κ2) is 3.53. The molecular weight excluding hydrogens is 136 g/mol. The lowest BCUT2D eigenvalue weighted by molar-refractivity contribution is -0.222. The Hall–Kier alpha value is -0.610. The SMILES string of the molecule is CCOC(O)(CC)C(=O)O. The van der Waals surface area contributed by atoms with Crippen molar-refractivity contribution < 1.29 is 19.7 Å². The quantitative estimate of drug-likeness (QED) is 0.559. The van der Waals surface area contributed by atoms with Crippen LogP contribution in [-0.4, -0.2) is 28.6 Å². The summed E-state index contributed by atoms with van der Waals surface area (Å²) >= 11 is 0. The molecule has 0 bridgehead atoms. The lowest BCUT2D eigenvalue weighted by atomic mass is 10.2. The average Bonchev–Trinajstić information content (AvgIpc) is 1.88. The highest BCUT2D eigenvalue weighted by atomic mass is 16.6. The molecule has 0 aromatic carbocycles. The molecule has 0 aromatic rings. The third kappa shape index (κ3) is 1.97. The molecule has 0 aliphatic rings. The number of aliphatic hydroxyl groups is 1. The molecule has 0 radical (unpaired) electrons. The van der Waals surface area contributed by atoms with Crippen LogP contribution in [0.25, 0.3) is 0 Å². The van der Waals surface area contributed by atoms with Crippen LogP contribution >= 0.6 is 0 Å². The molecule has 0 rings (SSSR count). The summed E-state index contributed by atoms with van der Waals surface area (Å²) in [5.41, 5.74) is 0. The Morgan fingerprint density at radius 3 is 2.20 bits per heavy atom. The number of ether oxygens (including phenoxy) is 1. The number of carbonyl (C=O) groups is 1. The van der Waals surface area contributed by atoms with Gasteiger partial charge in [-0.05, 0) is 6.92 Å². The van der Waals surface area contributed by atoms with Crippen LogP contribution in [0.5, 0.6) is 0 Å². The van der Waals surface area contributed by atoms with Gasteiger partial charge in [0.2, 0.25) is 0 Å². The molecule has 0 aliphatic heterocycles. The molecule has 4 heteroatoms. The van der Waals surface area contributed by atoms with Crippen molar-refractivity contribution in [1.82, 2.24) is 0 Å². The molecule has 0 saturated heterocycles. The zero-order chi connectivity index (χ0) is 8.20. The van der Waals surface area contributed by atoms with E-state index in [4.69, 9.17) is 10.2 Å². The summed E-state index contributed by atoms with van der Waals surface area (Å²) in [6.45, 7) is 3.37. The van der Waals surface area contributed by atoms with Crippen molar-refractivity contribution in [3.05, 3.63) is 0 Å². The molecule has 0 spiro atoms. The molecule has 0 fully saturated rings. The Labute approximate surface area is 59.4 Å². The van der Waals surface area contributed by atoms with Crippen molar-refractivity contribution >= 4 is 5.97 Å². The third-order valence-corrected chi connectivity index (χ3v) is 1.20. The van der Waals surface area contributed by atoms with E-state index in [9.17, 15) is 4.79 Å². The number of hydrogen-bond donors (Lipinski definition) is 2. The molecule has 60 valence electrons. The van der Waals surface area contributed by atoms with Crippen molar-refractivity contribution in [2.75, 3.05) is 6.61 Å². The minimum Gasteiger partial charge on any atom is -0.477 e. The summed E-state index contributed by atoms with van der Waals surface area (Å²) in [6, 6.07) is 0. The van der Waals surface area contributed by atoms with Gasteiger partial charge >= 0.3 is 5.97 Å². The molecule has 2 N–H and O–H groups in total. The van der Waals surface area contributed by atoms with Crippen molar-refractivity contribution in [3.63, 3.8) is 0 Å². The zero-order valence-electron chi connectivity index (χ0n) is 6.13. The van der Waals surface area contributed by atoms with Crippen molar-refractivity contribution in [2.45, 2.75) is 26.1 Å².